The van der Waals surface area contributed by atoms with E-state index >= 15 is 0 Å². The minimum Gasteiger partial charge on any atom is -0.338 e. The van der Waals surface area contributed by atoms with Crippen LogP contribution < -0.4 is 22.5 Å². The summed E-state index contributed by atoms with van der Waals surface area (Å²) in [5.74, 6) is 1.44. The van der Waals surface area contributed by atoms with E-state index in [2.05, 4.69) is 15.2 Å². The summed E-state index contributed by atoms with van der Waals surface area (Å²) in [5.41, 5.74) is 12.4. The largest absolute Gasteiger partial charge is 0.354 e. The molecule has 5 N–H and O–H groups in total. The van der Waals surface area contributed by atoms with Gasteiger partial charge in [0.2, 0.25) is 5.91 Å². The predicted molar refractivity (Wildman–Crippen MR) is 148 cm³/mol. The zero-order valence-electron chi connectivity index (χ0n) is 21.9. The van der Waals surface area contributed by atoms with Crippen LogP contribution in [0.2, 0.25) is 0 Å². The number of nitrogens with one attached hydrogen (secondary N) is 1. The van der Waals surface area contributed by atoms with Crippen molar-refractivity contribution in [2.24, 2.45) is 23.3 Å². The van der Waals surface area contributed by atoms with Crippen molar-refractivity contribution in [1.82, 2.24) is 24.3 Å². The van der Waals surface area contributed by atoms with Crippen molar-refractivity contribution in [3.63, 3.8) is 0 Å². The average molecular weight is 545 g/mol. The van der Waals surface area contributed by atoms with Crippen LogP contribution in [0.25, 0.3) is 5.69 Å². The lowest BCUT2D eigenvalue weighted by Crippen LogP contribution is -2.58. The normalized spacial score (nSPS) is 23.0. The summed E-state index contributed by atoms with van der Waals surface area (Å²) in [6.45, 7) is 8.15. The summed E-state index contributed by atoms with van der Waals surface area (Å²) in [6.07, 6.45) is 2.57. The number of piperazine rings is 1. The van der Waals surface area contributed by atoms with E-state index in [1.165, 1.54) is 10.1 Å². The number of nitrogens with two attached hydrogens (primary N) is 2. The van der Waals surface area contributed by atoms with Gasteiger partial charge >= 0.3 is 11.7 Å². The first kappa shape index (κ1) is 28.0. The Hall–Kier alpha value is -2.99. The number of carbonyl (C=O) groups excluding carboxylic acids is 2. The Morgan fingerprint density at radius 1 is 1.03 bits per heavy atom. The summed E-state index contributed by atoms with van der Waals surface area (Å²) < 4.78 is 1.45. The molecule has 1 aromatic carbocycles. The number of carbonyl (C=O) groups is 2. The smallest absolute Gasteiger partial charge is 0.338 e. The Morgan fingerprint density at radius 3 is 2.21 bits per heavy atom. The van der Waals surface area contributed by atoms with Crippen molar-refractivity contribution < 1.29 is 9.59 Å². The van der Waals surface area contributed by atoms with Gasteiger partial charge in [0.05, 0.1) is 11.2 Å². The van der Waals surface area contributed by atoms with Gasteiger partial charge in [-0.2, -0.15) is 4.98 Å². The molecule has 2 unspecified atom stereocenters. The molecule has 2 aliphatic heterocycles. The number of rotatable bonds is 6. The number of piperidine rings is 1. The van der Waals surface area contributed by atoms with Crippen LogP contribution in [0.5, 0.6) is 0 Å². The SMILES string of the molecule is CC(C)(N)C(=O)N1CCN(C(=O)Nc2ccn(-c3ccc(CCN4CC5C(N)C5C4)cc3)c(=O)n2)CC1.Cl. The Labute approximate surface area is 228 Å². The molecule has 3 amide bonds. The topological polar surface area (TPSA) is 143 Å². The standard InChI is InChI=1S/C26H36N8O3.ClH/c1-26(2,28)23(35)32-11-13-33(14-12-32)24(36)29-21-8-10-34(25(37)30-21)18-5-3-17(4-6-18)7-9-31-15-19-20(16-31)22(19)27;/h3-6,8,10,19-20,22H,7,9,11-16,27-28H2,1-2H3,(H,29,30,36,37);1H. The van der Waals surface area contributed by atoms with Gasteiger partial charge in [0.15, 0.2) is 0 Å². The van der Waals surface area contributed by atoms with Crippen LogP contribution in [0.1, 0.15) is 19.4 Å². The minimum atomic E-state index is -0.943. The maximum Gasteiger partial charge on any atom is 0.354 e. The van der Waals surface area contributed by atoms with Crippen LogP contribution in [0.3, 0.4) is 0 Å². The van der Waals surface area contributed by atoms with E-state index in [9.17, 15) is 14.4 Å². The second-order valence-corrected chi connectivity index (χ2v) is 11.0. The van der Waals surface area contributed by atoms with Crippen LogP contribution in [0, 0.1) is 11.8 Å². The van der Waals surface area contributed by atoms with E-state index in [0.717, 1.165) is 31.7 Å². The fourth-order valence-electron chi connectivity index (χ4n) is 5.33. The number of amides is 3. The number of anilines is 1. The number of aromatic nitrogens is 2. The van der Waals surface area contributed by atoms with Gasteiger partial charge in [0.25, 0.3) is 0 Å². The molecule has 38 heavy (non-hydrogen) atoms. The molecule has 3 fully saturated rings. The molecule has 0 radical (unpaired) electrons. The van der Waals surface area contributed by atoms with Crippen molar-refractivity contribution >= 4 is 30.2 Å². The van der Waals surface area contributed by atoms with E-state index in [4.69, 9.17) is 11.5 Å². The lowest BCUT2D eigenvalue weighted by molar-refractivity contribution is -0.137. The Kier molecular flexibility index (Phi) is 8.12. The summed E-state index contributed by atoms with van der Waals surface area (Å²) in [7, 11) is 0. The van der Waals surface area contributed by atoms with Crippen molar-refractivity contribution in [3.05, 3.63) is 52.6 Å². The van der Waals surface area contributed by atoms with Gasteiger partial charge in [-0.1, -0.05) is 12.1 Å². The highest BCUT2D eigenvalue weighted by Crippen LogP contribution is 2.43. The molecule has 3 heterocycles. The van der Waals surface area contributed by atoms with E-state index in [1.807, 2.05) is 24.3 Å². The third-order valence-electron chi connectivity index (χ3n) is 7.71. The van der Waals surface area contributed by atoms with Crippen molar-refractivity contribution in [2.75, 3.05) is 51.1 Å². The highest BCUT2D eigenvalue weighted by Gasteiger charge is 2.53. The van der Waals surface area contributed by atoms with E-state index in [0.29, 0.717) is 44.1 Å². The molecule has 1 saturated carbocycles. The number of hydrogen-bond acceptors (Lipinski definition) is 7. The molecular formula is C26H37ClN8O3. The quantitative estimate of drug-likeness (QED) is 0.480. The molecule has 12 heteroatoms. The van der Waals surface area contributed by atoms with Crippen molar-refractivity contribution in [3.8, 4) is 5.69 Å². The average Bonchev–Trinajstić information content (AvgIpc) is 3.25. The fraction of sp³-hybridized carbons (Fsp3) is 0.538. The Balaban J connectivity index is 0.00000336. The highest BCUT2D eigenvalue weighted by molar-refractivity contribution is 5.89. The molecule has 2 saturated heterocycles. The number of halogens is 1. The monoisotopic (exact) mass is 544 g/mol. The number of urea groups is 1. The third-order valence-corrected chi connectivity index (χ3v) is 7.71. The number of fused-ring (bicyclic) bond motifs is 1. The molecule has 5 rings (SSSR count). The lowest BCUT2D eigenvalue weighted by atomic mass is 10.1. The second-order valence-electron chi connectivity index (χ2n) is 11.0. The van der Waals surface area contributed by atoms with Gasteiger partial charge < -0.3 is 26.2 Å². The summed E-state index contributed by atoms with van der Waals surface area (Å²) in [4.78, 5) is 47.4. The number of hydrogen-bond donors (Lipinski definition) is 3. The number of nitrogens with zero attached hydrogens (tertiary/aromatic N) is 5. The molecule has 1 aromatic heterocycles. The molecule has 2 atom stereocenters. The molecule has 11 nitrogen and oxygen atoms in total. The molecule has 3 aliphatic rings. The molecule has 206 valence electrons. The van der Waals surface area contributed by atoms with Crippen LogP contribution >= 0.6 is 12.4 Å². The first-order chi connectivity index (χ1) is 17.6. The molecule has 0 bridgehead atoms. The second kappa shape index (κ2) is 11.0. The van der Waals surface area contributed by atoms with Crippen molar-refractivity contribution in [1.29, 1.82) is 0 Å². The van der Waals surface area contributed by atoms with Gasteiger partial charge in [-0.15, -0.1) is 12.4 Å². The molecule has 1 aliphatic carbocycles. The maximum atomic E-state index is 12.7. The third kappa shape index (κ3) is 6.01. The van der Waals surface area contributed by atoms with E-state index in [-0.39, 0.29) is 30.2 Å². The van der Waals surface area contributed by atoms with Gasteiger partial charge in [0, 0.05) is 58.1 Å². The summed E-state index contributed by atoms with van der Waals surface area (Å²) >= 11 is 0. The van der Waals surface area contributed by atoms with Gasteiger partial charge in [0.1, 0.15) is 5.82 Å². The zero-order valence-corrected chi connectivity index (χ0v) is 22.7. The number of benzene rings is 1. The van der Waals surface area contributed by atoms with Crippen LogP contribution in [-0.4, -0.2) is 93.6 Å². The van der Waals surface area contributed by atoms with Crippen LogP contribution in [0.4, 0.5) is 10.6 Å². The molecule has 0 spiro atoms. The first-order valence-corrected chi connectivity index (χ1v) is 12.9. The summed E-state index contributed by atoms with van der Waals surface area (Å²) in [5, 5.41) is 2.69. The van der Waals surface area contributed by atoms with Crippen LogP contribution in [0.15, 0.2) is 41.3 Å². The zero-order chi connectivity index (χ0) is 26.3. The maximum absolute atomic E-state index is 12.7. The predicted octanol–water partition coefficient (Wildman–Crippen LogP) is 0.499. The summed E-state index contributed by atoms with van der Waals surface area (Å²) in [6, 6.07) is 9.57. The Morgan fingerprint density at radius 2 is 1.63 bits per heavy atom. The first-order valence-electron chi connectivity index (χ1n) is 12.9. The number of likely N-dealkylation sites (tertiary alicyclic amines) is 1. The Bertz CT molecular complexity index is 1210. The highest BCUT2D eigenvalue weighted by atomic mass is 35.5. The minimum absolute atomic E-state index is 0. The fourth-order valence-corrected chi connectivity index (χ4v) is 5.33. The van der Waals surface area contributed by atoms with Gasteiger partial charge in [-0.05, 0) is 55.9 Å². The van der Waals surface area contributed by atoms with E-state index < -0.39 is 11.2 Å². The van der Waals surface area contributed by atoms with Crippen molar-refractivity contribution in [2.45, 2.75) is 31.8 Å². The van der Waals surface area contributed by atoms with Gasteiger partial charge in [-0.25, -0.2) is 9.59 Å². The van der Waals surface area contributed by atoms with Crippen LogP contribution in [-0.2, 0) is 11.2 Å². The molecule has 2 aromatic rings. The lowest BCUT2D eigenvalue weighted by Gasteiger charge is -2.37. The molecular weight excluding hydrogens is 508 g/mol. The van der Waals surface area contributed by atoms with E-state index in [1.54, 1.807) is 35.9 Å². The van der Waals surface area contributed by atoms with Gasteiger partial charge in [-0.3, -0.25) is 14.7 Å².